The van der Waals surface area contributed by atoms with Gasteiger partial charge in [-0.2, -0.15) is 0 Å². The van der Waals surface area contributed by atoms with Crippen LogP contribution in [0.15, 0.2) is 52.4 Å². The van der Waals surface area contributed by atoms with E-state index in [0.717, 1.165) is 16.8 Å². The Morgan fingerprint density at radius 1 is 1.28 bits per heavy atom. The van der Waals surface area contributed by atoms with Gasteiger partial charge in [-0.1, -0.05) is 24.3 Å². The van der Waals surface area contributed by atoms with Crippen LogP contribution in [0.1, 0.15) is 18.1 Å². The number of thioether (sulfide) groups is 1. The van der Waals surface area contributed by atoms with Crippen LogP contribution in [0.4, 0.5) is 5.69 Å². The molecule has 0 radical (unpaired) electrons. The molecular formula is C19H18N2O3S. The van der Waals surface area contributed by atoms with Gasteiger partial charge >= 0.3 is 0 Å². The smallest absolute Gasteiger partial charge is 0.264 e. The highest BCUT2D eigenvalue weighted by Gasteiger charge is 2.24. The second-order valence-corrected chi connectivity index (χ2v) is 6.46. The van der Waals surface area contributed by atoms with Crippen molar-refractivity contribution in [2.45, 2.75) is 13.8 Å². The molecule has 1 saturated heterocycles. The van der Waals surface area contributed by atoms with Crippen LogP contribution in [0.3, 0.4) is 0 Å². The van der Waals surface area contributed by atoms with Crippen LogP contribution in [0.25, 0.3) is 6.08 Å². The quantitative estimate of drug-likeness (QED) is 0.815. The number of aliphatic imine (C=N–C) groups is 1. The summed E-state index contributed by atoms with van der Waals surface area (Å²) in [7, 11) is 0. The lowest BCUT2D eigenvalue weighted by atomic mass is 10.2. The van der Waals surface area contributed by atoms with Crippen LogP contribution >= 0.6 is 11.8 Å². The molecule has 2 aromatic carbocycles. The summed E-state index contributed by atoms with van der Waals surface area (Å²) in [4.78, 5) is 17.2. The van der Waals surface area contributed by atoms with Crippen molar-refractivity contribution in [2.75, 3.05) is 6.61 Å². The number of aryl methyl sites for hydroxylation is 1. The lowest BCUT2D eigenvalue weighted by Gasteiger charge is -2.06. The lowest BCUT2D eigenvalue weighted by Crippen LogP contribution is -2.19. The highest BCUT2D eigenvalue weighted by molar-refractivity contribution is 8.18. The number of amidine groups is 1. The highest BCUT2D eigenvalue weighted by Crippen LogP contribution is 2.32. The number of carbonyl (C=O) groups excluding carboxylic acids is 1. The second kappa shape index (κ2) is 7.44. The fourth-order valence-corrected chi connectivity index (χ4v) is 3.16. The number of para-hydroxylation sites is 1. The summed E-state index contributed by atoms with van der Waals surface area (Å²) < 4.78 is 5.37. The monoisotopic (exact) mass is 354 g/mol. The minimum atomic E-state index is -0.191. The standard InChI is InChI=1S/C19H18N2O3S/c1-3-24-16-10-13(8-9-15(16)22)11-17-18(23)21-19(25-17)20-14-7-5-4-6-12(14)2/h4-11,22H,3H2,1-2H3,(H,20,21,23). The van der Waals surface area contributed by atoms with Crippen LogP contribution in [-0.4, -0.2) is 22.8 Å². The van der Waals surface area contributed by atoms with Gasteiger partial charge in [0.25, 0.3) is 5.91 Å². The van der Waals surface area contributed by atoms with E-state index in [9.17, 15) is 9.90 Å². The Hall–Kier alpha value is -2.73. The SMILES string of the molecule is CCOc1cc(C=C2SC(=Nc3ccccc3C)NC2=O)ccc1O. The van der Waals surface area contributed by atoms with E-state index in [-0.39, 0.29) is 11.7 Å². The van der Waals surface area contributed by atoms with E-state index in [0.29, 0.717) is 22.4 Å². The summed E-state index contributed by atoms with van der Waals surface area (Å²) in [5.41, 5.74) is 2.65. The van der Waals surface area contributed by atoms with E-state index in [2.05, 4.69) is 10.3 Å². The van der Waals surface area contributed by atoms with Crippen LogP contribution in [0, 0.1) is 6.92 Å². The van der Waals surface area contributed by atoms with E-state index in [1.54, 1.807) is 24.3 Å². The number of ether oxygens (including phenoxy) is 1. The summed E-state index contributed by atoms with van der Waals surface area (Å²) in [6.07, 6.45) is 1.75. The van der Waals surface area contributed by atoms with E-state index in [4.69, 9.17) is 4.74 Å². The number of benzene rings is 2. The van der Waals surface area contributed by atoms with Gasteiger partial charge in [0, 0.05) is 0 Å². The first-order valence-corrected chi connectivity index (χ1v) is 8.69. The Morgan fingerprint density at radius 3 is 2.84 bits per heavy atom. The molecule has 0 saturated carbocycles. The van der Waals surface area contributed by atoms with Gasteiger partial charge in [0.05, 0.1) is 17.2 Å². The van der Waals surface area contributed by atoms with Crippen molar-refractivity contribution in [3.63, 3.8) is 0 Å². The van der Waals surface area contributed by atoms with Gasteiger partial charge < -0.3 is 15.2 Å². The van der Waals surface area contributed by atoms with E-state index >= 15 is 0 Å². The molecule has 2 aromatic rings. The van der Waals surface area contributed by atoms with Gasteiger partial charge in [-0.15, -0.1) is 0 Å². The van der Waals surface area contributed by atoms with Crippen LogP contribution in [0.5, 0.6) is 11.5 Å². The molecule has 1 aliphatic rings. The summed E-state index contributed by atoms with van der Waals surface area (Å²) in [5, 5.41) is 13.1. The van der Waals surface area contributed by atoms with Gasteiger partial charge in [-0.25, -0.2) is 4.99 Å². The fraction of sp³-hybridized carbons (Fsp3) is 0.158. The number of nitrogens with zero attached hydrogens (tertiary/aromatic N) is 1. The molecular weight excluding hydrogens is 336 g/mol. The topological polar surface area (TPSA) is 70.9 Å². The Bertz CT molecular complexity index is 875. The molecule has 1 amide bonds. The Labute approximate surface area is 150 Å². The van der Waals surface area contributed by atoms with Crippen molar-refractivity contribution in [1.29, 1.82) is 0 Å². The maximum Gasteiger partial charge on any atom is 0.264 e. The van der Waals surface area contributed by atoms with Crippen LogP contribution < -0.4 is 10.1 Å². The van der Waals surface area contributed by atoms with Gasteiger partial charge in [0.1, 0.15) is 0 Å². The molecule has 0 aromatic heterocycles. The van der Waals surface area contributed by atoms with Crippen molar-refractivity contribution < 1.29 is 14.6 Å². The number of rotatable bonds is 4. The normalized spacial score (nSPS) is 17.1. The predicted molar refractivity (Wildman–Crippen MR) is 101 cm³/mol. The van der Waals surface area contributed by atoms with Crippen LogP contribution in [-0.2, 0) is 4.79 Å². The number of phenols is 1. The third-order valence-corrected chi connectivity index (χ3v) is 4.48. The second-order valence-electron chi connectivity index (χ2n) is 5.43. The van der Waals surface area contributed by atoms with Crippen molar-refractivity contribution in [2.24, 2.45) is 4.99 Å². The van der Waals surface area contributed by atoms with E-state index in [1.165, 1.54) is 11.8 Å². The van der Waals surface area contributed by atoms with Crippen molar-refractivity contribution in [3.05, 3.63) is 58.5 Å². The maximum absolute atomic E-state index is 12.2. The largest absolute Gasteiger partial charge is 0.504 e. The first-order valence-electron chi connectivity index (χ1n) is 7.88. The Balaban J connectivity index is 1.84. The van der Waals surface area contributed by atoms with Gasteiger partial charge in [-0.3, -0.25) is 4.79 Å². The maximum atomic E-state index is 12.2. The zero-order valence-corrected chi connectivity index (χ0v) is 14.8. The number of phenolic OH excluding ortho intramolecular Hbond substituents is 1. The highest BCUT2D eigenvalue weighted by atomic mass is 32.2. The molecule has 2 N–H and O–H groups in total. The zero-order chi connectivity index (χ0) is 17.8. The van der Waals surface area contributed by atoms with Crippen LogP contribution in [0.2, 0.25) is 0 Å². The molecule has 3 rings (SSSR count). The third-order valence-electron chi connectivity index (χ3n) is 3.57. The number of hydrogen-bond acceptors (Lipinski definition) is 5. The molecule has 1 fully saturated rings. The van der Waals surface area contributed by atoms with Gasteiger partial charge in [0.15, 0.2) is 16.7 Å². The van der Waals surface area contributed by atoms with E-state index in [1.807, 2.05) is 38.1 Å². The predicted octanol–water partition coefficient (Wildman–Crippen LogP) is 3.99. The van der Waals surface area contributed by atoms with Crippen molar-refractivity contribution in [3.8, 4) is 11.5 Å². The molecule has 0 aliphatic carbocycles. The van der Waals surface area contributed by atoms with Gasteiger partial charge in [0.2, 0.25) is 0 Å². The number of nitrogens with one attached hydrogen (secondary N) is 1. The molecule has 25 heavy (non-hydrogen) atoms. The molecule has 0 bridgehead atoms. The van der Waals surface area contributed by atoms with E-state index < -0.39 is 0 Å². The summed E-state index contributed by atoms with van der Waals surface area (Å²) in [5.74, 6) is 0.284. The molecule has 5 nitrogen and oxygen atoms in total. The van der Waals surface area contributed by atoms with Crippen molar-refractivity contribution in [1.82, 2.24) is 5.32 Å². The summed E-state index contributed by atoms with van der Waals surface area (Å²) in [6.45, 7) is 4.28. The lowest BCUT2D eigenvalue weighted by molar-refractivity contribution is -0.115. The molecule has 1 aliphatic heterocycles. The fourth-order valence-electron chi connectivity index (χ4n) is 2.32. The average Bonchev–Trinajstić information content (AvgIpc) is 2.92. The average molecular weight is 354 g/mol. The minimum absolute atomic E-state index is 0.0781. The Kier molecular flexibility index (Phi) is 5.09. The number of carbonyl (C=O) groups is 1. The molecule has 128 valence electrons. The zero-order valence-electron chi connectivity index (χ0n) is 13.9. The molecule has 0 atom stereocenters. The molecule has 6 heteroatoms. The molecule has 1 heterocycles. The van der Waals surface area contributed by atoms with Crippen molar-refractivity contribution >= 4 is 34.6 Å². The minimum Gasteiger partial charge on any atom is -0.504 e. The summed E-state index contributed by atoms with van der Waals surface area (Å²) in [6, 6.07) is 12.7. The molecule has 0 spiro atoms. The van der Waals surface area contributed by atoms with Gasteiger partial charge in [-0.05, 0) is 61.0 Å². The third kappa shape index (κ3) is 4.03. The summed E-state index contributed by atoms with van der Waals surface area (Å²) >= 11 is 1.29. The number of amides is 1. The first-order chi connectivity index (χ1) is 12.1. The number of hydrogen-bond donors (Lipinski definition) is 2. The number of aromatic hydroxyl groups is 1. The molecule has 0 unspecified atom stereocenters. The Morgan fingerprint density at radius 2 is 2.08 bits per heavy atom. The first kappa shape index (κ1) is 17.1.